The molecule has 0 aliphatic heterocycles. The molecule has 2 unspecified atom stereocenters. The zero-order chi connectivity index (χ0) is 13.9. The molecule has 1 aliphatic rings. The van der Waals surface area contributed by atoms with E-state index in [0.717, 1.165) is 5.92 Å². The average Bonchev–Trinajstić information content (AvgIpc) is 2.67. The van der Waals surface area contributed by atoms with Gasteiger partial charge in [0.05, 0.1) is 0 Å². The Morgan fingerprint density at radius 2 is 2.26 bits per heavy atom. The maximum Gasteiger partial charge on any atom is 0.00987 e. The highest BCUT2D eigenvalue weighted by atomic mass is 14.9. The van der Waals surface area contributed by atoms with Gasteiger partial charge in [0, 0.05) is 6.04 Å². The maximum atomic E-state index is 4.02. The monoisotopic (exact) mass is 263 g/mol. The highest BCUT2D eigenvalue weighted by Gasteiger charge is 2.12. The SMILES string of the molecule is C=CC(CCCCC)CCC1=CCC(NC)CCC1. The van der Waals surface area contributed by atoms with Crippen molar-refractivity contribution in [1.82, 2.24) is 5.32 Å². The first-order valence-electron chi connectivity index (χ1n) is 8.27. The van der Waals surface area contributed by atoms with Gasteiger partial charge in [-0.15, -0.1) is 6.58 Å². The number of allylic oxidation sites excluding steroid dienone is 2. The Kier molecular flexibility index (Phi) is 8.90. The van der Waals surface area contributed by atoms with Crippen molar-refractivity contribution >= 4 is 0 Å². The van der Waals surface area contributed by atoms with Crippen molar-refractivity contribution in [3.8, 4) is 0 Å². The second-order valence-electron chi connectivity index (χ2n) is 6.01. The molecule has 0 saturated carbocycles. The fourth-order valence-corrected chi connectivity index (χ4v) is 3.00. The van der Waals surface area contributed by atoms with E-state index in [-0.39, 0.29) is 0 Å². The number of unbranched alkanes of at least 4 members (excludes halogenated alkanes) is 2. The van der Waals surface area contributed by atoms with E-state index in [0.29, 0.717) is 6.04 Å². The molecule has 0 aromatic rings. The molecule has 0 spiro atoms. The summed E-state index contributed by atoms with van der Waals surface area (Å²) < 4.78 is 0. The quantitative estimate of drug-likeness (QED) is 0.443. The molecule has 0 heterocycles. The molecule has 1 rings (SSSR count). The molecule has 1 nitrogen and oxygen atoms in total. The Bertz CT molecular complexity index is 267. The van der Waals surface area contributed by atoms with E-state index >= 15 is 0 Å². The summed E-state index contributed by atoms with van der Waals surface area (Å²) >= 11 is 0. The first kappa shape index (κ1) is 16.5. The summed E-state index contributed by atoms with van der Waals surface area (Å²) in [5, 5.41) is 3.41. The van der Waals surface area contributed by atoms with Crippen molar-refractivity contribution in [3.05, 3.63) is 24.3 Å². The van der Waals surface area contributed by atoms with E-state index < -0.39 is 0 Å². The molecule has 1 aliphatic carbocycles. The van der Waals surface area contributed by atoms with Crippen LogP contribution in [0.25, 0.3) is 0 Å². The van der Waals surface area contributed by atoms with Gasteiger partial charge >= 0.3 is 0 Å². The van der Waals surface area contributed by atoms with Crippen molar-refractivity contribution in [3.63, 3.8) is 0 Å². The predicted octanol–water partition coefficient (Wildman–Crippen LogP) is 5.24. The van der Waals surface area contributed by atoms with E-state index in [2.05, 4.69) is 38.0 Å². The van der Waals surface area contributed by atoms with Gasteiger partial charge < -0.3 is 5.32 Å². The molecule has 0 amide bonds. The second kappa shape index (κ2) is 10.3. The molecule has 0 saturated heterocycles. The summed E-state index contributed by atoms with van der Waals surface area (Å²) in [6.07, 6.45) is 17.9. The Balaban J connectivity index is 2.29. The van der Waals surface area contributed by atoms with Crippen LogP contribution in [0, 0.1) is 5.92 Å². The zero-order valence-corrected chi connectivity index (χ0v) is 13.1. The summed E-state index contributed by atoms with van der Waals surface area (Å²) in [6, 6.07) is 0.706. The summed E-state index contributed by atoms with van der Waals surface area (Å²) in [4.78, 5) is 0. The number of rotatable bonds is 9. The summed E-state index contributed by atoms with van der Waals surface area (Å²) in [7, 11) is 2.09. The van der Waals surface area contributed by atoms with Crippen LogP contribution in [0.4, 0.5) is 0 Å². The van der Waals surface area contributed by atoms with Gasteiger partial charge in [-0.2, -0.15) is 0 Å². The average molecular weight is 263 g/mol. The van der Waals surface area contributed by atoms with E-state index in [1.54, 1.807) is 5.57 Å². The highest BCUT2D eigenvalue weighted by molar-refractivity contribution is 5.06. The van der Waals surface area contributed by atoms with Gasteiger partial charge in [0.1, 0.15) is 0 Å². The van der Waals surface area contributed by atoms with Crippen LogP contribution in [-0.2, 0) is 0 Å². The number of nitrogens with one attached hydrogen (secondary N) is 1. The van der Waals surface area contributed by atoms with Crippen LogP contribution in [0.1, 0.15) is 71.1 Å². The van der Waals surface area contributed by atoms with E-state index in [1.165, 1.54) is 64.2 Å². The fraction of sp³-hybridized carbons (Fsp3) is 0.778. The number of hydrogen-bond donors (Lipinski definition) is 1. The first-order chi connectivity index (χ1) is 9.30. The van der Waals surface area contributed by atoms with Gasteiger partial charge in [-0.05, 0) is 57.9 Å². The third kappa shape index (κ3) is 6.96. The molecule has 2 atom stereocenters. The maximum absolute atomic E-state index is 4.02. The highest BCUT2D eigenvalue weighted by Crippen LogP contribution is 2.25. The van der Waals surface area contributed by atoms with Crippen LogP contribution in [0.3, 0.4) is 0 Å². The molecule has 0 bridgehead atoms. The zero-order valence-electron chi connectivity index (χ0n) is 13.1. The minimum Gasteiger partial charge on any atom is -0.317 e. The molecular formula is C18H33N. The van der Waals surface area contributed by atoms with Gasteiger partial charge in [0.2, 0.25) is 0 Å². The van der Waals surface area contributed by atoms with Gasteiger partial charge in [-0.25, -0.2) is 0 Å². The lowest BCUT2D eigenvalue weighted by atomic mass is 9.93. The van der Waals surface area contributed by atoms with Gasteiger partial charge in [0.25, 0.3) is 0 Å². The minimum absolute atomic E-state index is 0.706. The van der Waals surface area contributed by atoms with Gasteiger partial charge in [-0.3, -0.25) is 0 Å². The predicted molar refractivity (Wildman–Crippen MR) is 86.5 cm³/mol. The Morgan fingerprint density at radius 3 is 2.95 bits per heavy atom. The van der Waals surface area contributed by atoms with E-state index in [1.807, 2.05) is 0 Å². The molecule has 0 fully saturated rings. The summed E-state index contributed by atoms with van der Waals surface area (Å²) in [5.74, 6) is 0.732. The number of hydrogen-bond acceptors (Lipinski definition) is 1. The van der Waals surface area contributed by atoms with Crippen molar-refractivity contribution in [2.75, 3.05) is 7.05 Å². The van der Waals surface area contributed by atoms with Crippen molar-refractivity contribution in [1.29, 1.82) is 0 Å². The molecule has 19 heavy (non-hydrogen) atoms. The lowest BCUT2D eigenvalue weighted by Crippen LogP contribution is -2.23. The van der Waals surface area contributed by atoms with Crippen LogP contribution in [0.5, 0.6) is 0 Å². The standard InChI is InChI=1S/C18H33N/c1-4-6-7-9-16(5-2)12-13-17-10-8-11-18(19-3)15-14-17/h5,14,16,18-19H,2,4,6-13,15H2,1,3H3. The smallest absolute Gasteiger partial charge is 0.00987 e. The van der Waals surface area contributed by atoms with Crippen LogP contribution in [0.15, 0.2) is 24.3 Å². The van der Waals surface area contributed by atoms with Gasteiger partial charge in [0.15, 0.2) is 0 Å². The van der Waals surface area contributed by atoms with Crippen molar-refractivity contribution in [2.45, 2.75) is 77.2 Å². The Hall–Kier alpha value is -0.560. The molecular weight excluding hydrogens is 230 g/mol. The normalized spacial score (nSPS) is 21.6. The van der Waals surface area contributed by atoms with Crippen LogP contribution >= 0.6 is 0 Å². The van der Waals surface area contributed by atoms with Crippen LogP contribution in [-0.4, -0.2) is 13.1 Å². The molecule has 1 heteroatoms. The minimum atomic E-state index is 0.706. The fourth-order valence-electron chi connectivity index (χ4n) is 3.00. The van der Waals surface area contributed by atoms with E-state index in [9.17, 15) is 0 Å². The third-order valence-electron chi connectivity index (χ3n) is 4.50. The summed E-state index contributed by atoms with van der Waals surface area (Å²) in [5.41, 5.74) is 1.69. The topological polar surface area (TPSA) is 12.0 Å². The lowest BCUT2D eigenvalue weighted by Gasteiger charge is -2.13. The van der Waals surface area contributed by atoms with Crippen molar-refractivity contribution < 1.29 is 0 Å². The molecule has 0 aromatic carbocycles. The molecule has 0 radical (unpaired) electrons. The lowest BCUT2D eigenvalue weighted by molar-refractivity contribution is 0.501. The molecule has 1 N–H and O–H groups in total. The molecule has 0 aromatic heterocycles. The largest absolute Gasteiger partial charge is 0.317 e. The Labute approximate surface area is 120 Å². The van der Waals surface area contributed by atoms with Crippen LogP contribution in [0.2, 0.25) is 0 Å². The summed E-state index contributed by atoms with van der Waals surface area (Å²) in [6.45, 7) is 6.29. The van der Waals surface area contributed by atoms with E-state index in [4.69, 9.17) is 0 Å². The van der Waals surface area contributed by atoms with Gasteiger partial charge in [-0.1, -0.05) is 43.9 Å². The van der Waals surface area contributed by atoms with Crippen LogP contribution < -0.4 is 5.32 Å². The first-order valence-corrected chi connectivity index (χ1v) is 8.27. The second-order valence-corrected chi connectivity index (χ2v) is 6.01. The third-order valence-corrected chi connectivity index (χ3v) is 4.50. The molecule has 110 valence electrons. The Morgan fingerprint density at radius 1 is 1.42 bits per heavy atom. The van der Waals surface area contributed by atoms with Crippen molar-refractivity contribution in [2.24, 2.45) is 5.92 Å².